The van der Waals surface area contributed by atoms with Crippen LogP contribution in [-0.4, -0.2) is 69.5 Å². The molecule has 3 rings (SSSR count). The van der Waals surface area contributed by atoms with Crippen LogP contribution in [0.15, 0.2) is 40.1 Å². The van der Waals surface area contributed by atoms with Gasteiger partial charge >= 0.3 is 0 Å². The van der Waals surface area contributed by atoms with Crippen molar-refractivity contribution in [3.63, 3.8) is 0 Å². The number of aliphatic hydroxyl groups is 1. The first-order chi connectivity index (χ1) is 16.6. The van der Waals surface area contributed by atoms with E-state index in [9.17, 15) is 14.7 Å². The van der Waals surface area contributed by atoms with Crippen LogP contribution in [0.1, 0.15) is 51.7 Å². The fourth-order valence-electron chi connectivity index (χ4n) is 4.26. The second-order valence-electron chi connectivity index (χ2n) is 9.84. The number of nitrogens with one attached hydrogen (secondary N) is 1. The van der Waals surface area contributed by atoms with Crippen LogP contribution in [0.4, 0.5) is 0 Å². The monoisotopic (exact) mass is 500 g/mol. The molecule has 2 unspecified atom stereocenters. The number of nitrogens with two attached hydrogens (primary N) is 1. The summed E-state index contributed by atoms with van der Waals surface area (Å²) in [6.45, 7) is 8.38. The van der Waals surface area contributed by atoms with Crippen molar-refractivity contribution in [3.8, 4) is 0 Å². The maximum atomic E-state index is 13.4. The number of rotatable bonds is 9. The Morgan fingerprint density at radius 2 is 2.00 bits per heavy atom. The minimum atomic E-state index is -0.729. The van der Waals surface area contributed by atoms with Crippen LogP contribution < -0.4 is 11.2 Å². The number of hydrogen-bond acceptors (Lipinski definition) is 8. The summed E-state index contributed by atoms with van der Waals surface area (Å²) < 4.78 is 2.19. The number of nitrogens with zero attached hydrogens (tertiary/aromatic N) is 4. The number of amides is 2. The molecule has 1 fully saturated rings. The SMILES string of the molecule is CSN1C(C)=C1c1ccc(CNC(=O)C2CCCN2C(=O)C(N=C/C(CO)=N\N)C(C)(C)C)cc1. The molecule has 4 N–H and O–H groups in total. The molecule has 190 valence electrons. The van der Waals surface area contributed by atoms with E-state index in [-0.39, 0.29) is 24.1 Å². The van der Waals surface area contributed by atoms with Gasteiger partial charge in [0, 0.05) is 31.1 Å². The lowest BCUT2D eigenvalue weighted by Crippen LogP contribution is -2.51. The lowest BCUT2D eigenvalue weighted by molar-refractivity contribution is -0.141. The molecule has 0 aliphatic carbocycles. The normalized spacial score (nSPS) is 19.5. The molecule has 1 aromatic carbocycles. The average Bonchev–Trinajstić information content (AvgIpc) is 3.24. The van der Waals surface area contributed by atoms with Gasteiger partial charge in [-0.3, -0.25) is 18.9 Å². The largest absolute Gasteiger partial charge is 0.390 e. The molecule has 2 aliphatic rings. The Bertz CT molecular complexity index is 1030. The fourth-order valence-corrected chi connectivity index (χ4v) is 5.00. The predicted octanol–water partition coefficient (Wildman–Crippen LogP) is 2.37. The zero-order valence-corrected chi connectivity index (χ0v) is 21.9. The van der Waals surface area contributed by atoms with Gasteiger partial charge in [0.2, 0.25) is 11.8 Å². The molecular weight excluding hydrogens is 464 g/mol. The molecule has 2 aliphatic heterocycles. The molecule has 0 spiro atoms. The second kappa shape index (κ2) is 11.3. The molecule has 1 saturated heterocycles. The Labute approximate surface area is 211 Å². The van der Waals surface area contributed by atoms with Gasteiger partial charge in [-0.15, -0.1) is 0 Å². The van der Waals surface area contributed by atoms with Gasteiger partial charge in [0.1, 0.15) is 17.8 Å². The third-order valence-corrected chi connectivity index (χ3v) is 7.09. The van der Waals surface area contributed by atoms with Crippen LogP contribution in [0.3, 0.4) is 0 Å². The number of carbonyl (C=O) groups excluding carboxylic acids is 2. The number of hydrazone groups is 1. The number of benzene rings is 1. The van der Waals surface area contributed by atoms with Gasteiger partial charge in [0.05, 0.1) is 18.0 Å². The van der Waals surface area contributed by atoms with Gasteiger partial charge in [0.15, 0.2) is 0 Å². The van der Waals surface area contributed by atoms with Crippen LogP contribution in [0, 0.1) is 5.41 Å². The predicted molar refractivity (Wildman–Crippen MR) is 141 cm³/mol. The van der Waals surface area contributed by atoms with Crippen molar-refractivity contribution in [2.45, 2.75) is 59.2 Å². The highest BCUT2D eigenvalue weighted by molar-refractivity contribution is 7.97. The Balaban J connectivity index is 1.64. The molecule has 0 saturated carbocycles. The van der Waals surface area contributed by atoms with E-state index in [4.69, 9.17) is 5.84 Å². The fraction of sp³-hybridized carbons (Fsp3) is 0.520. The van der Waals surface area contributed by atoms with Crippen LogP contribution >= 0.6 is 11.9 Å². The summed E-state index contributed by atoms with van der Waals surface area (Å²) in [5.41, 5.74) is 4.37. The molecule has 2 heterocycles. The van der Waals surface area contributed by atoms with E-state index in [1.807, 2.05) is 39.2 Å². The van der Waals surface area contributed by atoms with Gasteiger partial charge in [-0.2, -0.15) is 5.10 Å². The summed E-state index contributed by atoms with van der Waals surface area (Å²) in [5.74, 6) is 4.87. The molecule has 0 bridgehead atoms. The molecule has 0 aromatic heterocycles. The lowest BCUT2D eigenvalue weighted by Gasteiger charge is -2.32. The first kappa shape index (κ1) is 26.7. The molecule has 9 nitrogen and oxygen atoms in total. The Kier molecular flexibility index (Phi) is 8.60. The quantitative estimate of drug-likeness (QED) is 0.207. The zero-order chi connectivity index (χ0) is 25.8. The molecule has 2 atom stereocenters. The molecule has 10 heteroatoms. The van der Waals surface area contributed by atoms with Crippen molar-refractivity contribution in [3.05, 3.63) is 41.1 Å². The summed E-state index contributed by atoms with van der Waals surface area (Å²) in [7, 11) is 0. The Morgan fingerprint density at radius 3 is 2.54 bits per heavy atom. The third kappa shape index (κ3) is 6.24. The highest BCUT2D eigenvalue weighted by Crippen LogP contribution is 2.44. The van der Waals surface area contributed by atoms with E-state index in [0.29, 0.717) is 19.5 Å². The topological polar surface area (TPSA) is 123 Å². The molecule has 35 heavy (non-hydrogen) atoms. The third-order valence-electron chi connectivity index (χ3n) is 6.27. The smallest absolute Gasteiger partial charge is 0.248 e. The molecule has 2 amide bonds. The minimum Gasteiger partial charge on any atom is -0.390 e. The van der Waals surface area contributed by atoms with Crippen LogP contribution in [0.5, 0.6) is 0 Å². The Morgan fingerprint density at radius 1 is 1.31 bits per heavy atom. The van der Waals surface area contributed by atoms with Gasteiger partial charge in [-0.1, -0.05) is 45.0 Å². The number of allylic oxidation sites excluding steroid dienone is 1. The van der Waals surface area contributed by atoms with E-state index in [1.165, 1.54) is 17.6 Å². The number of hydrogen-bond donors (Lipinski definition) is 3. The summed E-state index contributed by atoms with van der Waals surface area (Å²) in [4.78, 5) is 32.5. The highest BCUT2D eigenvalue weighted by atomic mass is 32.2. The standard InChI is InChI=1S/C25H36N6O3S/c1-16-21(31(16)35-5)18-10-8-17(9-11-18)13-28-23(33)20-7-6-12-30(20)24(34)22(25(2,3)4)27-14-19(15-32)29-26/h8-11,14,20,22,32H,6-7,12-13,15,26H2,1-5H3,(H,28,33)/b27-14?,29-19+. The first-order valence-electron chi connectivity index (χ1n) is 11.8. The van der Waals surface area contributed by atoms with Crippen molar-refractivity contribution in [2.75, 3.05) is 19.4 Å². The number of aliphatic hydroxyl groups excluding tert-OH is 1. The van der Waals surface area contributed by atoms with Crippen molar-refractivity contribution in [1.82, 2.24) is 14.5 Å². The number of carbonyl (C=O) groups is 2. The van der Waals surface area contributed by atoms with Gasteiger partial charge in [-0.25, -0.2) is 0 Å². The van der Waals surface area contributed by atoms with E-state index in [2.05, 4.69) is 38.8 Å². The van der Waals surface area contributed by atoms with Crippen molar-refractivity contribution in [1.29, 1.82) is 0 Å². The summed E-state index contributed by atoms with van der Waals surface area (Å²) in [5, 5.41) is 15.7. The average molecular weight is 501 g/mol. The minimum absolute atomic E-state index is 0.162. The van der Waals surface area contributed by atoms with Crippen LogP contribution in [-0.2, 0) is 16.1 Å². The lowest BCUT2D eigenvalue weighted by atomic mass is 9.86. The maximum Gasteiger partial charge on any atom is 0.248 e. The zero-order valence-electron chi connectivity index (χ0n) is 21.1. The number of aliphatic imine (C=N–C) groups is 1. The first-order valence-corrected chi connectivity index (χ1v) is 12.9. The van der Waals surface area contributed by atoms with Crippen molar-refractivity contribution >= 4 is 41.4 Å². The highest BCUT2D eigenvalue weighted by Gasteiger charge is 2.41. The summed E-state index contributed by atoms with van der Waals surface area (Å²) in [6, 6.07) is 6.92. The van der Waals surface area contributed by atoms with Gasteiger partial charge in [0.25, 0.3) is 0 Å². The van der Waals surface area contributed by atoms with Gasteiger partial charge < -0.3 is 21.2 Å². The van der Waals surface area contributed by atoms with E-state index in [1.54, 1.807) is 16.8 Å². The molecule has 0 radical (unpaired) electrons. The van der Waals surface area contributed by atoms with Crippen LogP contribution in [0.2, 0.25) is 0 Å². The maximum absolute atomic E-state index is 13.4. The Hall–Kier alpha value is -2.85. The second-order valence-corrected chi connectivity index (χ2v) is 10.6. The van der Waals surface area contributed by atoms with E-state index in [0.717, 1.165) is 17.5 Å². The molecular formula is C25H36N6O3S. The van der Waals surface area contributed by atoms with Gasteiger partial charge in [-0.05, 0) is 42.7 Å². The van der Waals surface area contributed by atoms with Crippen molar-refractivity contribution in [2.24, 2.45) is 21.4 Å². The molecule has 1 aromatic rings. The van der Waals surface area contributed by atoms with E-state index < -0.39 is 17.5 Å². The summed E-state index contributed by atoms with van der Waals surface area (Å²) >= 11 is 1.69. The summed E-state index contributed by atoms with van der Waals surface area (Å²) in [6.07, 6.45) is 4.75. The number of likely N-dealkylation sites (tertiary alicyclic amines) is 1. The van der Waals surface area contributed by atoms with Crippen molar-refractivity contribution < 1.29 is 14.7 Å². The van der Waals surface area contributed by atoms with Crippen LogP contribution in [0.25, 0.3) is 5.70 Å². The van der Waals surface area contributed by atoms with E-state index >= 15 is 0 Å².